The molecule has 0 spiro atoms. The van der Waals surface area contributed by atoms with Crippen LogP contribution in [0.3, 0.4) is 0 Å². The van der Waals surface area contributed by atoms with Gasteiger partial charge in [0, 0.05) is 31.4 Å². The van der Waals surface area contributed by atoms with Crippen LogP contribution in [0, 0.1) is 11.7 Å². The fourth-order valence-electron chi connectivity index (χ4n) is 4.12. The Morgan fingerprint density at radius 2 is 2.18 bits per heavy atom. The average Bonchev–Trinajstić information content (AvgIpc) is 3.38. The highest BCUT2D eigenvalue weighted by Gasteiger charge is 2.31. The molecule has 4 rings (SSSR count). The molecule has 2 fully saturated rings. The third kappa shape index (κ3) is 3.26. The van der Waals surface area contributed by atoms with Crippen molar-refractivity contribution in [2.24, 2.45) is 5.92 Å². The van der Waals surface area contributed by atoms with E-state index in [0.29, 0.717) is 30.7 Å². The van der Waals surface area contributed by atoms with Crippen LogP contribution in [0.4, 0.5) is 10.2 Å². The number of carboxylic acid groups (broad SMARTS) is 1. The number of hydrogen-bond acceptors (Lipinski definition) is 5. The fourth-order valence-corrected chi connectivity index (χ4v) is 4.12. The van der Waals surface area contributed by atoms with Crippen LogP contribution in [0.5, 0.6) is 0 Å². The number of anilines is 1. The number of pyridine rings is 2. The first-order valence-electron chi connectivity index (χ1n) is 9.87. The molecule has 2 N–H and O–H groups in total. The van der Waals surface area contributed by atoms with Gasteiger partial charge < -0.3 is 19.9 Å². The van der Waals surface area contributed by atoms with Crippen molar-refractivity contribution in [1.29, 1.82) is 0 Å². The van der Waals surface area contributed by atoms with Gasteiger partial charge in [-0.3, -0.25) is 4.79 Å². The van der Waals surface area contributed by atoms with Gasteiger partial charge in [0.1, 0.15) is 11.2 Å². The Hall–Kier alpha value is -2.48. The number of aromatic carboxylic acids is 1. The number of nitrogens with zero attached hydrogens (tertiary/aromatic N) is 3. The zero-order valence-electron chi connectivity index (χ0n) is 16.1. The van der Waals surface area contributed by atoms with E-state index in [1.165, 1.54) is 6.20 Å². The van der Waals surface area contributed by atoms with E-state index in [9.17, 15) is 19.1 Å². The molecule has 2 aromatic rings. The summed E-state index contributed by atoms with van der Waals surface area (Å²) in [5, 5.41) is 12.8. The second-order valence-electron chi connectivity index (χ2n) is 7.82. The van der Waals surface area contributed by atoms with Gasteiger partial charge in [0.15, 0.2) is 11.6 Å². The number of rotatable bonds is 6. The molecule has 8 heteroatoms. The Kier molecular flexibility index (Phi) is 4.82. The van der Waals surface area contributed by atoms with Gasteiger partial charge in [0.05, 0.1) is 5.39 Å². The van der Waals surface area contributed by atoms with Crippen LogP contribution in [0.2, 0.25) is 0 Å². The Labute approximate surface area is 162 Å². The second kappa shape index (κ2) is 7.16. The number of fused-ring (bicyclic) bond motifs is 1. The van der Waals surface area contributed by atoms with Crippen LogP contribution in [-0.4, -0.2) is 46.3 Å². The van der Waals surface area contributed by atoms with E-state index in [2.05, 4.69) is 24.1 Å². The zero-order chi connectivity index (χ0) is 20.0. The lowest BCUT2D eigenvalue weighted by molar-refractivity contribution is 0.0695. The van der Waals surface area contributed by atoms with Crippen LogP contribution < -0.4 is 15.6 Å². The molecule has 1 saturated carbocycles. The summed E-state index contributed by atoms with van der Waals surface area (Å²) in [7, 11) is 0. The van der Waals surface area contributed by atoms with E-state index in [4.69, 9.17) is 0 Å². The van der Waals surface area contributed by atoms with Gasteiger partial charge in [-0.25, -0.2) is 14.2 Å². The summed E-state index contributed by atoms with van der Waals surface area (Å²) < 4.78 is 16.6. The molecule has 0 unspecified atom stereocenters. The van der Waals surface area contributed by atoms with Gasteiger partial charge in [-0.1, -0.05) is 6.92 Å². The molecule has 28 heavy (non-hydrogen) atoms. The Bertz CT molecular complexity index is 986. The average molecular weight is 388 g/mol. The van der Waals surface area contributed by atoms with Crippen molar-refractivity contribution >= 4 is 22.8 Å². The normalized spacial score (nSPS) is 20.7. The number of nitrogens with one attached hydrogen (secondary N) is 1. The number of aromatic nitrogens is 2. The monoisotopic (exact) mass is 388 g/mol. The Morgan fingerprint density at radius 1 is 1.43 bits per heavy atom. The summed E-state index contributed by atoms with van der Waals surface area (Å²) in [5.41, 5.74) is -0.649. The molecule has 7 nitrogen and oxygen atoms in total. The number of carboxylic acids is 1. The van der Waals surface area contributed by atoms with Gasteiger partial charge in [-0.05, 0) is 44.7 Å². The Balaban J connectivity index is 1.76. The third-order valence-electron chi connectivity index (χ3n) is 5.87. The van der Waals surface area contributed by atoms with Crippen LogP contribution in [0.1, 0.15) is 49.5 Å². The summed E-state index contributed by atoms with van der Waals surface area (Å²) in [5.74, 6) is -1.23. The van der Waals surface area contributed by atoms with E-state index in [-0.39, 0.29) is 22.8 Å². The molecule has 2 aliphatic rings. The fraction of sp³-hybridized carbons (Fsp3) is 0.550. The van der Waals surface area contributed by atoms with E-state index < -0.39 is 17.2 Å². The summed E-state index contributed by atoms with van der Waals surface area (Å²) in [6.45, 7) is 6.50. The topological polar surface area (TPSA) is 87.5 Å². The van der Waals surface area contributed by atoms with Crippen molar-refractivity contribution in [3.05, 3.63) is 33.9 Å². The quantitative estimate of drug-likeness (QED) is 0.790. The first-order valence-corrected chi connectivity index (χ1v) is 9.87. The van der Waals surface area contributed by atoms with E-state index in [1.807, 2.05) is 4.90 Å². The molecular weight excluding hydrogens is 363 g/mol. The maximum atomic E-state index is 14.9. The SMILES string of the molecule is CCN[C@H](C)[C@H]1CCN(c2nc3c(cc2F)c(=O)c(C(=O)O)cn3C2CC2)C1. The molecule has 150 valence electrons. The highest BCUT2D eigenvalue weighted by Crippen LogP contribution is 2.37. The van der Waals surface area contributed by atoms with E-state index in [1.54, 1.807) is 4.57 Å². The minimum atomic E-state index is -1.30. The van der Waals surface area contributed by atoms with Crippen LogP contribution in [0.15, 0.2) is 17.1 Å². The molecule has 0 bridgehead atoms. The highest BCUT2D eigenvalue weighted by molar-refractivity contribution is 5.92. The predicted molar refractivity (Wildman–Crippen MR) is 105 cm³/mol. The smallest absolute Gasteiger partial charge is 0.341 e. The van der Waals surface area contributed by atoms with Crippen molar-refractivity contribution in [3.8, 4) is 0 Å². The minimum absolute atomic E-state index is 0.0322. The third-order valence-corrected chi connectivity index (χ3v) is 5.87. The number of carbonyl (C=O) groups is 1. The van der Waals surface area contributed by atoms with Crippen LogP contribution >= 0.6 is 0 Å². The second-order valence-corrected chi connectivity index (χ2v) is 7.82. The van der Waals surface area contributed by atoms with E-state index in [0.717, 1.165) is 31.9 Å². The van der Waals surface area contributed by atoms with Crippen molar-refractivity contribution in [3.63, 3.8) is 0 Å². The maximum Gasteiger partial charge on any atom is 0.341 e. The molecule has 1 aliphatic carbocycles. The molecular formula is C20H25FN4O3. The van der Waals surface area contributed by atoms with Crippen molar-refractivity contribution < 1.29 is 14.3 Å². The van der Waals surface area contributed by atoms with Crippen molar-refractivity contribution in [2.75, 3.05) is 24.5 Å². The minimum Gasteiger partial charge on any atom is -0.477 e. The first-order chi connectivity index (χ1) is 13.4. The van der Waals surface area contributed by atoms with Gasteiger partial charge in [0.25, 0.3) is 0 Å². The lowest BCUT2D eigenvalue weighted by Crippen LogP contribution is -2.35. The summed E-state index contributed by atoms with van der Waals surface area (Å²) >= 11 is 0. The number of halogens is 1. The lowest BCUT2D eigenvalue weighted by atomic mass is 10.0. The Morgan fingerprint density at radius 3 is 2.82 bits per heavy atom. The van der Waals surface area contributed by atoms with Crippen LogP contribution in [0.25, 0.3) is 11.0 Å². The molecule has 0 aromatic carbocycles. The highest BCUT2D eigenvalue weighted by atomic mass is 19.1. The molecule has 0 radical (unpaired) electrons. The van der Waals surface area contributed by atoms with Crippen LogP contribution in [-0.2, 0) is 0 Å². The molecule has 1 aliphatic heterocycles. The van der Waals surface area contributed by atoms with Gasteiger partial charge in [-0.15, -0.1) is 0 Å². The summed E-state index contributed by atoms with van der Waals surface area (Å²) in [4.78, 5) is 30.4. The number of hydrogen-bond donors (Lipinski definition) is 2. The van der Waals surface area contributed by atoms with Gasteiger partial charge in [-0.2, -0.15) is 0 Å². The molecule has 1 saturated heterocycles. The molecule has 2 atom stereocenters. The molecule has 2 aromatic heterocycles. The summed E-state index contributed by atoms with van der Waals surface area (Å²) in [6.07, 6.45) is 4.11. The standard InChI is InChI=1S/C20H25FN4O3/c1-3-22-11(2)12-6-7-24(9-12)19-16(21)8-14-17(26)15(20(27)28)10-25(13-4-5-13)18(14)23-19/h8,10-13,22H,3-7,9H2,1-2H3,(H,27,28)/t11-,12+/m1/s1. The largest absolute Gasteiger partial charge is 0.477 e. The zero-order valence-corrected chi connectivity index (χ0v) is 16.1. The maximum absolute atomic E-state index is 14.9. The van der Waals surface area contributed by atoms with Crippen molar-refractivity contribution in [2.45, 2.75) is 45.2 Å². The van der Waals surface area contributed by atoms with Gasteiger partial charge >= 0.3 is 5.97 Å². The first kappa shape index (κ1) is 18.9. The molecule has 0 amide bonds. The predicted octanol–water partition coefficient (Wildman–Crippen LogP) is 2.39. The van der Waals surface area contributed by atoms with Gasteiger partial charge in [0.2, 0.25) is 5.43 Å². The van der Waals surface area contributed by atoms with Crippen molar-refractivity contribution in [1.82, 2.24) is 14.9 Å². The lowest BCUT2D eigenvalue weighted by Gasteiger charge is -2.22. The molecule has 3 heterocycles. The van der Waals surface area contributed by atoms with E-state index >= 15 is 0 Å². The summed E-state index contributed by atoms with van der Waals surface area (Å²) in [6, 6.07) is 1.61.